The number of carbonyl (C=O) groups is 1. The second-order valence-corrected chi connectivity index (χ2v) is 3.35. The summed E-state index contributed by atoms with van der Waals surface area (Å²) >= 11 is 0. The first-order valence-corrected chi connectivity index (χ1v) is 4.44. The molecule has 2 rings (SSSR count). The van der Waals surface area contributed by atoms with Crippen molar-refractivity contribution in [2.24, 2.45) is 5.92 Å². The van der Waals surface area contributed by atoms with Crippen LogP contribution in [0.5, 0.6) is 0 Å². The number of hydrogen-bond donors (Lipinski definition) is 1. The highest BCUT2D eigenvalue weighted by atomic mass is 16.3. The van der Waals surface area contributed by atoms with Crippen LogP contribution in [0.3, 0.4) is 0 Å². The zero-order valence-corrected chi connectivity index (χ0v) is 7.54. The zero-order chi connectivity index (χ0) is 9.26. The molecule has 0 radical (unpaired) electrons. The van der Waals surface area contributed by atoms with Crippen molar-refractivity contribution in [2.75, 3.05) is 0 Å². The minimum atomic E-state index is 0.135. The van der Waals surface area contributed by atoms with Crippen molar-refractivity contribution in [1.29, 1.82) is 0 Å². The van der Waals surface area contributed by atoms with E-state index in [1.165, 1.54) is 6.39 Å². The van der Waals surface area contributed by atoms with Gasteiger partial charge in [0.05, 0.1) is 12.2 Å². The molecule has 1 aromatic heterocycles. The Labute approximate surface area is 76.3 Å². The number of aromatic nitrogens is 1. The highest BCUT2D eigenvalue weighted by Crippen LogP contribution is 2.28. The van der Waals surface area contributed by atoms with Crippen LogP contribution in [0.4, 0.5) is 0 Å². The Bertz CT molecular complexity index is 315. The maximum atomic E-state index is 11.2. The van der Waals surface area contributed by atoms with Gasteiger partial charge in [0.15, 0.2) is 6.39 Å². The van der Waals surface area contributed by atoms with Crippen molar-refractivity contribution in [3.8, 4) is 0 Å². The van der Waals surface area contributed by atoms with Crippen LogP contribution >= 0.6 is 0 Å². The summed E-state index contributed by atoms with van der Waals surface area (Å²) in [4.78, 5) is 15.2. The first-order chi connectivity index (χ1) is 6.27. The van der Waals surface area contributed by atoms with Crippen LogP contribution in [0.2, 0.25) is 0 Å². The molecule has 0 unspecified atom stereocenters. The second-order valence-electron chi connectivity index (χ2n) is 3.35. The van der Waals surface area contributed by atoms with E-state index in [9.17, 15) is 4.79 Å². The summed E-state index contributed by atoms with van der Waals surface area (Å²) in [5.74, 6) is 1.13. The molecule has 1 aliphatic rings. The summed E-state index contributed by atoms with van der Waals surface area (Å²) in [5, 5.41) is 2.82. The van der Waals surface area contributed by atoms with E-state index < -0.39 is 0 Å². The van der Waals surface area contributed by atoms with Crippen LogP contribution in [0.25, 0.3) is 0 Å². The molecule has 4 heteroatoms. The summed E-state index contributed by atoms with van der Waals surface area (Å²) in [7, 11) is 0. The van der Waals surface area contributed by atoms with Crippen molar-refractivity contribution in [3.05, 3.63) is 17.8 Å². The maximum absolute atomic E-state index is 11.2. The number of aryl methyl sites for hydroxylation is 1. The van der Waals surface area contributed by atoms with E-state index in [1.54, 1.807) is 0 Å². The largest absolute Gasteiger partial charge is 0.446 e. The fourth-order valence-corrected chi connectivity index (χ4v) is 1.15. The van der Waals surface area contributed by atoms with E-state index in [4.69, 9.17) is 4.42 Å². The SMILES string of the molecule is Cc1ncoc1CNC(=O)C1CC1. The van der Waals surface area contributed by atoms with E-state index in [1.807, 2.05) is 6.92 Å². The van der Waals surface area contributed by atoms with Crippen LogP contribution in [0, 0.1) is 12.8 Å². The maximum Gasteiger partial charge on any atom is 0.223 e. The Morgan fingerprint density at radius 3 is 3.08 bits per heavy atom. The molecule has 1 aliphatic carbocycles. The summed E-state index contributed by atoms with van der Waals surface area (Å²) < 4.78 is 5.09. The van der Waals surface area contributed by atoms with E-state index in [2.05, 4.69) is 10.3 Å². The van der Waals surface area contributed by atoms with Crippen molar-refractivity contribution < 1.29 is 9.21 Å². The molecule has 1 fully saturated rings. The molecule has 0 aromatic carbocycles. The Kier molecular flexibility index (Phi) is 2.04. The predicted molar refractivity (Wildman–Crippen MR) is 45.8 cm³/mol. The smallest absolute Gasteiger partial charge is 0.223 e. The van der Waals surface area contributed by atoms with Gasteiger partial charge >= 0.3 is 0 Å². The van der Waals surface area contributed by atoms with Crippen LogP contribution in [-0.2, 0) is 11.3 Å². The highest BCUT2D eigenvalue weighted by Gasteiger charge is 2.29. The number of nitrogens with zero attached hydrogens (tertiary/aromatic N) is 1. The molecule has 1 aromatic rings. The molecule has 70 valence electrons. The minimum Gasteiger partial charge on any atom is -0.446 e. The average molecular weight is 180 g/mol. The van der Waals surface area contributed by atoms with Gasteiger partial charge in [0, 0.05) is 5.92 Å². The number of rotatable bonds is 3. The lowest BCUT2D eigenvalue weighted by atomic mass is 10.3. The Balaban J connectivity index is 1.85. The van der Waals surface area contributed by atoms with Gasteiger partial charge in [-0.05, 0) is 19.8 Å². The number of oxazole rings is 1. The highest BCUT2D eigenvalue weighted by molar-refractivity contribution is 5.80. The summed E-state index contributed by atoms with van der Waals surface area (Å²) in [5.41, 5.74) is 0.844. The summed E-state index contributed by atoms with van der Waals surface area (Å²) in [6, 6.07) is 0. The van der Waals surface area contributed by atoms with Gasteiger partial charge in [-0.3, -0.25) is 4.79 Å². The second kappa shape index (κ2) is 3.20. The van der Waals surface area contributed by atoms with Gasteiger partial charge in [0.2, 0.25) is 5.91 Å². The molecule has 1 amide bonds. The lowest BCUT2D eigenvalue weighted by Crippen LogP contribution is -2.24. The summed E-state index contributed by atoms with van der Waals surface area (Å²) in [6.07, 6.45) is 3.45. The lowest BCUT2D eigenvalue weighted by molar-refractivity contribution is -0.122. The third kappa shape index (κ3) is 1.88. The topological polar surface area (TPSA) is 55.1 Å². The van der Waals surface area contributed by atoms with E-state index in [0.29, 0.717) is 6.54 Å². The molecule has 13 heavy (non-hydrogen) atoms. The molecule has 0 bridgehead atoms. The van der Waals surface area contributed by atoms with Gasteiger partial charge in [-0.2, -0.15) is 0 Å². The first kappa shape index (κ1) is 8.29. The molecule has 0 spiro atoms. The normalized spacial score (nSPS) is 15.8. The standard InChI is InChI=1S/C9H12N2O2/c1-6-8(13-5-11-6)4-10-9(12)7-2-3-7/h5,7H,2-4H2,1H3,(H,10,12). The Morgan fingerprint density at radius 1 is 1.77 bits per heavy atom. The van der Waals surface area contributed by atoms with Crippen LogP contribution in [0.15, 0.2) is 10.8 Å². The molecular weight excluding hydrogens is 168 g/mol. The molecule has 1 N–H and O–H groups in total. The third-order valence-electron chi connectivity index (χ3n) is 2.22. The fraction of sp³-hybridized carbons (Fsp3) is 0.556. The van der Waals surface area contributed by atoms with Gasteiger partial charge in [-0.15, -0.1) is 0 Å². The minimum absolute atomic E-state index is 0.135. The van der Waals surface area contributed by atoms with Crippen LogP contribution in [0.1, 0.15) is 24.3 Å². The van der Waals surface area contributed by atoms with Gasteiger partial charge in [-0.25, -0.2) is 4.98 Å². The fourth-order valence-electron chi connectivity index (χ4n) is 1.15. The molecule has 4 nitrogen and oxygen atoms in total. The van der Waals surface area contributed by atoms with E-state index in [0.717, 1.165) is 24.3 Å². The molecular formula is C9H12N2O2. The van der Waals surface area contributed by atoms with Crippen molar-refractivity contribution >= 4 is 5.91 Å². The molecule has 0 atom stereocenters. The summed E-state index contributed by atoms with van der Waals surface area (Å²) in [6.45, 7) is 2.32. The quantitative estimate of drug-likeness (QED) is 0.755. The molecule has 1 heterocycles. The van der Waals surface area contributed by atoms with Crippen LogP contribution in [-0.4, -0.2) is 10.9 Å². The zero-order valence-electron chi connectivity index (χ0n) is 7.54. The number of hydrogen-bond acceptors (Lipinski definition) is 3. The Hall–Kier alpha value is -1.32. The molecule has 1 saturated carbocycles. The third-order valence-corrected chi connectivity index (χ3v) is 2.22. The van der Waals surface area contributed by atoms with Gasteiger partial charge < -0.3 is 9.73 Å². The average Bonchev–Trinajstić information content (AvgIpc) is 2.88. The number of carbonyl (C=O) groups excluding carboxylic acids is 1. The number of amides is 1. The van der Waals surface area contributed by atoms with Crippen molar-refractivity contribution in [3.63, 3.8) is 0 Å². The van der Waals surface area contributed by atoms with Crippen molar-refractivity contribution in [1.82, 2.24) is 10.3 Å². The Morgan fingerprint density at radius 2 is 2.54 bits per heavy atom. The monoisotopic (exact) mass is 180 g/mol. The number of nitrogens with one attached hydrogen (secondary N) is 1. The first-order valence-electron chi connectivity index (χ1n) is 4.44. The van der Waals surface area contributed by atoms with Crippen LogP contribution < -0.4 is 5.32 Å². The lowest BCUT2D eigenvalue weighted by Gasteiger charge is -2.00. The van der Waals surface area contributed by atoms with E-state index in [-0.39, 0.29) is 11.8 Å². The van der Waals surface area contributed by atoms with E-state index >= 15 is 0 Å². The van der Waals surface area contributed by atoms with Gasteiger partial charge in [0.25, 0.3) is 0 Å². The van der Waals surface area contributed by atoms with Crippen molar-refractivity contribution in [2.45, 2.75) is 26.3 Å². The van der Waals surface area contributed by atoms with Gasteiger partial charge in [-0.1, -0.05) is 0 Å². The molecule has 0 saturated heterocycles. The van der Waals surface area contributed by atoms with Gasteiger partial charge in [0.1, 0.15) is 5.76 Å². The molecule has 0 aliphatic heterocycles. The predicted octanol–water partition coefficient (Wildman–Crippen LogP) is 1.01.